The van der Waals surface area contributed by atoms with Gasteiger partial charge in [0.15, 0.2) is 0 Å². The molecule has 1 saturated carbocycles. The van der Waals surface area contributed by atoms with Gasteiger partial charge in [0.05, 0.1) is 6.54 Å². The van der Waals surface area contributed by atoms with Crippen molar-refractivity contribution in [3.05, 3.63) is 18.5 Å². The van der Waals surface area contributed by atoms with Crippen LogP contribution in [0.5, 0.6) is 0 Å². The fourth-order valence-corrected chi connectivity index (χ4v) is 2.96. The molecular weight excluding hydrogens is 212 g/mol. The van der Waals surface area contributed by atoms with Crippen molar-refractivity contribution >= 4 is 0 Å². The van der Waals surface area contributed by atoms with E-state index in [4.69, 9.17) is 0 Å². The summed E-state index contributed by atoms with van der Waals surface area (Å²) in [7, 11) is 0. The standard InChI is InChI=1S/C13H22N4/c1-13(12-3-4-12)11-16(8-6-14-13)9-10-17-7-2-5-15-17/h2,5,7,12,14H,3-4,6,8-11H2,1H3. The van der Waals surface area contributed by atoms with Crippen molar-refractivity contribution in [2.45, 2.75) is 31.8 Å². The molecule has 0 spiro atoms. The molecule has 1 saturated heterocycles. The Morgan fingerprint density at radius 1 is 1.41 bits per heavy atom. The monoisotopic (exact) mass is 234 g/mol. The second kappa shape index (κ2) is 4.42. The third-order valence-electron chi connectivity index (χ3n) is 4.19. The number of piperazine rings is 1. The summed E-state index contributed by atoms with van der Waals surface area (Å²) >= 11 is 0. The minimum Gasteiger partial charge on any atom is -0.309 e. The van der Waals surface area contributed by atoms with Crippen LogP contribution in [-0.4, -0.2) is 46.4 Å². The summed E-state index contributed by atoms with van der Waals surface area (Å²) in [5.41, 5.74) is 0.363. The summed E-state index contributed by atoms with van der Waals surface area (Å²) in [6, 6.07) is 1.99. The Balaban J connectivity index is 1.53. The van der Waals surface area contributed by atoms with Gasteiger partial charge in [0.25, 0.3) is 0 Å². The molecule has 1 aromatic heterocycles. The van der Waals surface area contributed by atoms with Gasteiger partial charge in [-0.15, -0.1) is 0 Å². The molecule has 94 valence electrons. The lowest BCUT2D eigenvalue weighted by molar-refractivity contribution is 0.122. The molecule has 1 atom stereocenters. The maximum absolute atomic E-state index is 4.26. The van der Waals surface area contributed by atoms with E-state index in [2.05, 4.69) is 22.2 Å². The highest BCUT2D eigenvalue weighted by molar-refractivity contribution is 5.01. The highest BCUT2D eigenvalue weighted by Gasteiger charge is 2.43. The molecule has 1 N–H and O–H groups in total. The summed E-state index contributed by atoms with van der Waals surface area (Å²) in [5.74, 6) is 0.912. The predicted octanol–water partition coefficient (Wildman–Crippen LogP) is 0.957. The summed E-state index contributed by atoms with van der Waals surface area (Å²) < 4.78 is 2.02. The minimum atomic E-state index is 0.363. The lowest BCUT2D eigenvalue weighted by atomic mass is 9.93. The maximum Gasteiger partial charge on any atom is 0.0536 e. The Morgan fingerprint density at radius 2 is 2.29 bits per heavy atom. The van der Waals surface area contributed by atoms with Crippen molar-refractivity contribution in [1.29, 1.82) is 0 Å². The second-order valence-electron chi connectivity index (χ2n) is 5.66. The van der Waals surface area contributed by atoms with E-state index in [9.17, 15) is 0 Å². The Kier molecular flexibility index (Phi) is 2.92. The van der Waals surface area contributed by atoms with Crippen LogP contribution in [0.1, 0.15) is 19.8 Å². The number of aromatic nitrogens is 2. The van der Waals surface area contributed by atoms with Gasteiger partial charge in [0.1, 0.15) is 0 Å². The molecule has 4 heteroatoms. The van der Waals surface area contributed by atoms with Crippen LogP contribution < -0.4 is 5.32 Å². The van der Waals surface area contributed by atoms with E-state index in [1.54, 1.807) is 0 Å². The first-order valence-electron chi connectivity index (χ1n) is 6.71. The summed E-state index contributed by atoms with van der Waals surface area (Å²) in [6.07, 6.45) is 6.72. The fourth-order valence-electron chi connectivity index (χ4n) is 2.96. The summed E-state index contributed by atoms with van der Waals surface area (Å²) in [6.45, 7) is 8.01. The lowest BCUT2D eigenvalue weighted by Crippen LogP contribution is -2.60. The van der Waals surface area contributed by atoms with E-state index in [-0.39, 0.29) is 0 Å². The minimum absolute atomic E-state index is 0.363. The van der Waals surface area contributed by atoms with Crippen molar-refractivity contribution in [2.75, 3.05) is 26.2 Å². The molecule has 2 aliphatic rings. The smallest absolute Gasteiger partial charge is 0.0536 e. The van der Waals surface area contributed by atoms with Crippen LogP contribution in [-0.2, 0) is 6.54 Å². The Morgan fingerprint density at radius 3 is 3.00 bits per heavy atom. The molecule has 1 aliphatic carbocycles. The predicted molar refractivity (Wildman–Crippen MR) is 67.8 cm³/mol. The van der Waals surface area contributed by atoms with Crippen LogP contribution in [0.25, 0.3) is 0 Å². The molecule has 0 amide bonds. The fraction of sp³-hybridized carbons (Fsp3) is 0.769. The van der Waals surface area contributed by atoms with Crippen molar-refractivity contribution in [3.63, 3.8) is 0 Å². The van der Waals surface area contributed by atoms with Crippen molar-refractivity contribution in [2.24, 2.45) is 5.92 Å². The van der Waals surface area contributed by atoms with E-state index in [0.29, 0.717) is 5.54 Å². The van der Waals surface area contributed by atoms with Gasteiger partial charge < -0.3 is 5.32 Å². The van der Waals surface area contributed by atoms with E-state index in [1.165, 1.54) is 25.9 Å². The molecule has 3 rings (SSSR count). The molecule has 1 aliphatic heterocycles. The molecule has 2 heterocycles. The van der Waals surface area contributed by atoms with Crippen LogP contribution >= 0.6 is 0 Å². The van der Waals surface area contributed by atoms with Gasteiger partial charge in [0.2, 0.25) is 0 Å². The third-order valence-corrected chi connectivity index (χ3v) is 4.19. The summed E-state index contributed by atoms with van der Waals surface area (Å²) in [4.78, 5) is 2.58. The van der Waals surface area contributed by atoms with Gasteiger partial charge in [-0.1, -0.05) is 0 Å². The van der Waals surface area contributed by atoms with E-state index in [1.807, 2.05) is 23.1 Å². The second-order valence-corrected chi connectivity index (χ2v) is 5.66. The molecule has 1 aromatic rings. The highest BCUT2D eigenvalue weighted by Crippen LogP contribution is 2.40. The molecule has 0 bridgehead atoms. The Hall–Kier alpha value is -0.870. The molecule has 2 fully saturated rings. The number of nitrogens with one attached hydrogen (secondary N) is 1. The number of hydrogen-bond donors (Lipinski definition) is 1. The molecule has 17 heavy (non-hydrogen) atoms. The first-order chi connectivity index (χ1) is 8.26. The quantitative estimate of drug-likeness (QED) is 0.842. The third kappa shape index (κ3) is 2.53. The molecule has 0 aromatic carbocycles. The zero-order valence-electron chi connectivity index (χ0n) is 10.6. The van der Waals surface area contributed by atoms with E-state index in [0.717, 1.165) is 25.6 Å². The zero-order chi connectivity index (χ0) is 11.7. The van der Waals surface area contributed by atoms with Crippen molar-refractivity contribution < 1.29 is 0 Å². The van der Waals surface area contributed by atoms with E-state index >= 15 is 0 Å². The topological polar surface area (TPSA) is 33.1 Å². The van der Waals surface area contributed by atoms with Crippen LogP contribution in [0.15, 0.2) is 18.5 Å². The first-order valence-corrected chi connectivity index (χ1v) is 6.71. The van der Waals surface area contributed by atoms with Crippen LogP contribution in [0.2, 0.25) is 0 Å². The van der Waals surface area contributed by atoms with E-state index < -0.39 is 0 Å². The Labute approximate surface area is 103 Å². The van der Waals surface area contributed by atoms with Crippen molar-refractivity contribution in [1.82, 2.24) is 20.0 Å². The van der Waals surface area contributed by atoms with Gasteiger partial charge in [-0.05, 0) is 31.7 Å². The van der Waals surface area contributed by atoms with Gasteiger partial charge in [-0.25, -0.2) is 0 Å². The normalized spacial score (nSPS) is 30.6. The first kappa shape index (κ1) is 11.2. The SMILES string of the molecule is CC1(C2CC2)CN(CCn2cccn2)CCN1. The highest BCUT2D eigenvalue weighted by atomic mass is 15.3. The van der Waals surface area contributed by atoms with Gasteiger partial charge in [0, 0.05) is 44.1 Å². The number of hydrogen-bond acceptors (Lipinski definition) is 3. The largest absolute Gasteiger partial charge is 0.309 e. The molecule has 1 unspecified atom stereocenters. The molecular formula is C13H22N4. The summed E-state index contributed by atoms with van der Waals surface area (Å²) in [5, 5.41) is 7.98. The van der Waals surface area contributed by atoms with Crippen LogP contribution in [0.3, 0.4) is 0 Å². The van der Waals surface area contributed by atoms with Gasteiger partial charge >= 0.3 is 0 Å². The van der Waals surface area contributed by atoms with Crippen LogP contribution in [0.4, 0.5) is 0 Å². The lowest BCUT2D eigenvalue weighted by Gasteiger charge is -2.42. The van der Waals surface area contributed by atoms with Gasteiger partial charge in [-0.3, -0.25) is 9.58 Å². The average molecular weight is 234 g/mol. The molecule has 4 nitrogen and oxygen atoms in total. The van der Waals surface area contributed by atoms with Crippen molar-refractivity contribution in [3.8, 4) is 0 Å². The van der Waals surface area contributed by atoms with Crippen LogP contribution in [0, 0.1) is 5.92 Å². The number of rotatable bonds is 4. The average Bonchev–Trinajstić information content (AvgIpc) is 3.06. The number of nitrogens with zero attached hydrogens (tertiary/aromatic N) is 3. The van der Waals surface area contributed by atoms with Gasteiger partial charge in [-0.2, -0.15) is 5.10 Å². The molecule has 0 radical (unpaired) electrons. The Bertz CT molecular complexity index is 358. The maximum atomic E-state index is 4.26. The zero-order valence-corrected chi connectivity index (χ0v) is 10.6.